The van der Waals surface area contributed by atoms with E-state index in [2.05, 4.69) is 31.4 Å². The Morgan fingerprint density at radius 1 is 1.06 bits per heavy atom. The Morgan fingerprint density at radius 3 is 2.36 bits per heavy atom. The predicted octanol–water partition coefficient (Wildman–Crippen LogP) is 5.59. The van der Waals surface area contributed by atoms with Gasteiger partial charge in [-0.25, -0.2) is 4.79 Å². The first-order chi connectivity index (χ1) is 17.0. The molecule has 3 rings (SSSR count). The van der Waals surface area contributed by atoms with Crippen LogP contribution in [0, 0.1) is 5.92 Å². The second kappa shape index (κ2) is 11.7. The smallest absolute Gasteiger partial charge is 0.338 e. The van der Waals surface area contributed by atoms with E-state index in [1.807, 2.05) is 32.9 Å². The molecule has 2 aromatic carbocycles. The van der Waals surface area contributed by atoms with Gasteiger partial charge < -0.3 is 20.1 Å². The van der Waals surface area contributed by atoms with Crippen molar-refractivity contribution >= 4 is 23.5 Å². The van der Waals surface area contributed by atoms with Crippen molar-refractivity contribution in [3.63, 3.8) is 0 Å². The minimum Gasteiger partial charge on any atom is -0.452 e. The van der Waals surface area contributed by atoms with Gasteiger partial charge in [-0.3, -0.25) is 9.59 Å². The lowest BCUT2D eigenvalue weighted by Gasteiger charge is -2.35. The van der Waals surface area contributed by atoms with Crippen molar-refractivity contribution in [3.8, 4) is 5.75 Å². The van der Waals surface area contributed by atoms with E-state index >= 15 is 0 Å². The lowest BCUT2D eigenvalue weighted by atomic mass is 9.89. The Morgan fingerprint density at radius 2 is 1.75 bits per heavy atom. The number of esters is 2. The van der Waals surface area contributed by atoms with Gasteiger partial charge in [0.25, 0.3) is 0 Å². The van der Waals surface area contributed by atoms with Gasteiger partial charge in [0.1, 0.15) is 6.10 Å². The highest BCUT2D eigenvalue weighted by atomic mass is 16.5. The molecule has 0 bridgehead atoms. The average molecular weight is 495 g/mol. The molecular weight excluding hydrogens is 456 g/mol. The summed E-state index contributed by atoms with van der Waals surface area (Å²) in [7, 11) is 0. The number of amides is 1. The molecule has 0 saturated carbocycles. The summed E-state index contributed by atoms with van der Waals surface area (Å²) in [6.07, 6.45) is 1.11. The molecule has 36 heavy (non-hydrogen) atoms. The highest BCUT2D eigenvalue weighted by molar-refractivity contribution is 5.97. The fraction of sp³-hybridized carbons (Fsp3) is 0.483. The van der Waals surface area contributed by atoms with Crippen molar-refractivity contribution in [2.75, 3.05) is 5.32 Å². The van der Waals surface area contributed by atoms with Gasteiger partial charge in [-0.2, -0.15) is 0 Å². The quantitative estimate of drug-likeness (QED) is 0.349. The van der Waals surface area contributed by atoms with Crippen LogP contribution in [0.2, 0.25) is 0 Å². The van der Waals surface area contributed by atoms with Crippen LogP contribution < -0.4 is 15.4 Å². The molecule has 0 aromatic heterocycles. The summed E-state index contributed by atoms with van der Waals surface area (Å²) in [5.41, 5.74) is 2.34. The molecule has 1 amide bonds. The van der Waals surface area contributed by atoms with Crippen LogP contribution in [-0.2, 0) is 20.7 Å². The maximum absolute atomic E-state index is 13.2. The Labute approximate surface area is 213 Å². The third kappa shape index (κ3) is 7.17. The minimum absolute atomic E-state index is 0.140. The number of nitrogens with one attached hydrogen (secondary N) is 2. The van der Waals surface area contributed by atoms with E-state index in [0.717, 1.165) is 11.1 Å². The standard InChI is InChI=1S/C29H38N2O5/c1-7-22(31-29(4,5)6)27(36-28(34)19-11-9-8-10-12-19)21-13-15-23(35-25(33)17-18(2)3)26-20(21)14-16-24(32)30-26/h8-13,15,18,22,27,31H,7,14,16-17H2,1-6H3,(H,30,32). The number of ether oxygens (including phenoxy) is 2. The highest BCUT2D eigenvalue weighted by Gasteiger charge is 2.34. The Balaban J connectivity index is 2.06. The van der Waals surface area contributed by atoms with Crippen molar-refractivity contribution < 1.29 is 23.9 Å². The molecule has 7 nitrogen and oxygen atoms in total. The minimum atomic E-state index is -0.619. The summed E-state index contributed by atoms with van der Waals surface area (Å²) in [6, 6.07) is 12.3. The number of hydrogen-bond acceptors (Lipinski definition) is 6. The topological polar surface area (TPSA) is 93.7 Å². The van der Waals surface area contributed by atoms with E-state index in [1.165, 1.54) is 0 Å². The zero-order chi connectivity index (χ0) is 26.5. The second-order valence-electron chi connectivity index (χ2n) is 10.7. The van der Waals surface area contributed by atoms with Gasteiger partial charge in [-0.15, -0.1) is 0 Å². The van der Waals surface area contributed by atoms with Crippen molar-refractivity contribution in [1.29, 1.82) is 0 Å². The molecule has 1 aliphatic rings. The molecule has 0 saturated heterocycles. The summed E-state index contributed by atoms with van der Waals surface area (Å²) >= 11 is 0. The predicted molar refractivity (Wildman–Crippen MR) is 140 cm³/mol. The van der Waals surface area contributed by atoms with Gasteiger partial charge in [0.15, 0.2) is 5.75 Å². The molecule has 194 valence electrons. The van der Waals surface area contributed by atoms with Crippen molar-refractivity contribution in [2.24, 2.45) is 5.92 Å². The van der Waals surface area contributed by atoms with Crippen molar-refractivity contribution in [2.45, 2.75) is 84.9 Å². The largest absolute Gasteiger partial charge is 0.452 e. The monoisotopic (exact) mass is 494 g/mol. The molecule has 2 aromatic rings. The molecule has 0 aliphatic carbocycles. The van der Waals surface area contributed by atoms with Crippen molar-refractivity contribution in [1.82, 2.24) is 5.32 Å². The number of carbonyl (C=O) groups is 3. The Bertz CT molecular complexity index is 1090. The SMILES string of the molecule is CCC(NC(C)(C)C)C(OC(=O)c1ccccc1)c1ccc(OC(=O)CC(C)C)c2c1CCC(=O)N2. The first kappa shape index (κ1) is 27.4. The molecule has 2 unspecified atom stereocenters. The fourth-order valence-corrected chi connectivity index (χ4v) is 4.41. The third-order valence-electron chi connectivity index (χ3n) is 5.95. The van der Waals surface area contributed by atoms with E-state index in [1.54, 1.807) is 30.3 Å². The van der Waals surface area contributed by atoms with Gasteiger partial charge in [0.05, 0.1) is 11.3 Å². The lowest BCUT2D eigenvalue weighted by Crippen LogP contribution is -2.47. The van der Waals surface area contributed by atoms with E-state index in [-0.39, 0.29) is 35.8 Å². The van der Waals surface area contributed by atoms with Gasteiger partial charge in [0.2, 0.25) is 5.91 Å². The van der Waals surface area contributed by atoms with Gasteiger partial charge in [-0.1, -0.05) is 45.0 Å². The van der Waals surface area contributed by atoms with Crippen molar-refractivity contribution in [3.05, 3.63) is 59.2 Å². The van der Waals surface area contributed by atoms with Crippen LogP contribution in [0.15, 0.2) is 42.5 Å². The van der Waals surface area contributed by atoms with Crippen LogP contribution in [-0.4, -0.2) is 29.4 Å². The maximum atomic E-state index is 13.2. The van der Waals surface area contributed by atoms with E-state index in [9.17, 15) is 14.4 Å². The molecule has 1 aliphatic heterocycles. The normalized spacial score (nSPS) is 15.0. The van der Waals surface area contributed by atoms with Crippen LogP contribution in [0.25, 0.3) is 0 Å². The number of fused-ring (bicyclic) bond motifs is 1. The number of hydrogen-bond donors (Lipinski definition) is 2. The highest BCUT2D eigenvalue weighted by Crippen LogP contribution is 2.40. The zero-order valence-electron chi connectivity index (χ0n) is 22.1. The molecule has 0 radical (unpaired) electrons. The summed E-state index contributed by atoms with van der Waals surface area (Å²) in [5.74, 6) is -0.447. The molecule has 2 atom stereocenters. The summed E-state index contributed by atoms with van der Waals surface area (Å²) in [4.78, 5) is 37.9. The van der Waals surface area contributed by atoms with Crippen LogP contribution in [0.1, 0.15) is 88.4 Å². The van der Waals surface area contributed by atoms with E-state index in [0.29, 0.717) is 36.3 Å². The Kier molecular flexibility index (Phi) is 8.90. The first-order valence-corrected chi connectivity index (χ1v) is 12.7. The number of anilines is 1. The van der Waals surface area contributed by atoms with Gasteiger partial charge in [-0.05, 0) is 68.9 Å². The van der Waals surface area contributed by atoms with Gasteiger partial charge in [0, 0.05) is 24.4 Å². The Hall–Kier alpha value is -3.19. The molecule has 0 fully saturated rings. The zero-order valence-corrected chi connectivity index (χ0v) is 22.1. The third-order valence-corrected chi connectivity index (χ3v) is 5.95. The molecular formula is C29H38N2O5. The molecule has 2 N–H and O–H groups in total. The van der Waals surface area contributed by atoms with Crippen LogP contribution in [0.5, 0.6) is 5.75 Å². The summed E-state index contributed by atoms with van der Waals surface area (Å²) in [6.45, 7) is 12.1. The van der Waals surface area contributed by atoms with Crippen LogP contribution in [0.3, 0.4) is 0 Å². The second-order valence-corrected chi connectivity index (χ2v) is 10.7. The number of benzene rings is 2. The number of rotatable bonds is 9. The first-order valence-electron chi connectivity index (χ1n) is 12.7. The molecule has 1 heterocycles. The van der Waals surface area contributed by atoms with E-state index < -0.39 is 12.1 Å². The average Bonchev–Trinajstić information content (AvgIpc) is 2.81. The van der Waals surface area contributed by atoms with Gasteiger partial charge >= 0.3 is 11.9 Å². The number of carbonyl (C=O) groups excluding carboxylic acids is 3. The lowest BCUT2D eigenvalue weighted by molar-refractivity contribution is -0.135. The van der Waals surface area contributed by atoms with E-state index in [4.69, 9.17) is 9.47 Å². The fourth-order valence-electron chi connectivity index (χ4n) is 4.41. The molecule has 0 spiro atoms. The maximum Gasteiger partial charge on any atom is 0.338 e. The van der Waals surface area contributed by atoms with Crippen LogP contribution >= 0.6 is 0 Å². The molecule has 7 heteroatoms. The summed E-state index contributed by atoms with van der Waals surface area (Å²) in [5, 5.41) is 6.49. The van der Waals surface area contributed by atoms with Crippen LogP contribution in [0.4, 0.5) is 5.69 Å². The summed E-state index contributed by atoms with van der Waals surface area (Å²) < 4.78 is 11.8.